The molecule has 2 unspecified atom stereocenters. The molecule has 0 saturated carbocycles. The Morgan fingerprint density at radius 3 is 2.16 bits per heavy atom. The Labute approximate surface area is 195 Å². The summed E-state index contributed by atoms with van der Waals surface area (Å²) in [6.07, 6.45) is 13.4. The second kappa shape index (κ2) is 11.3. The van der Waals surface area contributed by atoms with E-state index in [1.54, 1.807) is 0 Å². The van der Waals surface area contributed by atoms with Gasteiger partial charge in [-0.1, -0.05) is 0 Å². The summed E-state index contributed by atoms with van der Waals surface area (Å²) in [5.74, 6) is 1.58. The number of unbranched alkanes of at least 4 members (excludes halogenated alkanes) is 2. The van der Waals surface area contributed by atoms with Gasteiger partial charge in [0, 0.05) is 50.2 Å². The first-order valence-corrected chi connectivity index (χ1v) is 13.2. The Morgan fingerprint density at radius 2 is 1.56 bits per heavy atom. The van der Waals surface area contributed by atoms with Crippen molar-refractivity contribution in [1.82, 2.24) is 19.8 Å². The quantitative estimate of drug-likeness (QED) is 0.502. The zero-order valence-electron chi connectivity index (χ0n) is 20.9. The standard InChI is InChI=1S/C26H45N5O/c1-20(2)30-18-24-8-9-25(19-30)31(24)26-27-16-23(17-28-26)22-10-13-29(14-11-22)12-6-5-7-15-32-21(3)4/h16-17,20-22,24-25H,5-15,18-19H2,1-4H3. The lowest BCUT2D eigenvalue weighted by molar-refractivity contribution is 0.0750. The first kappa shape index (κ1) is 23.9. The molecule has 180 valence electrons. The molecule has 2 bridgehead atoms. The topological polar surface area (TPSA) is 44.7 Å². The lowest BCUT2D eigenvalue weighted by Gasteiger charge is -2.42. The molecule has 0 radical (unpaired) electrons. The monoisotopic (exact) mass is 443 g/mol. The molecule has 1 aromatic heterocycles. The molecule has 3 aliphatic rings. The zero-order chi connectivity index (χ0) is 22.5. The van der Waals surface area contributed by atoms with E-state index in [4.69, 9.17) is 14.7 Å². The van der Waals surface area contributed by atoms with E-state index in [9.17, 15) is 0 Å². The predicted octanol–water partition coefficient (Wildman–Crippen LogP) is 4.31. The van der Waals surface area contributed by atoms with Crippen molar-refractivity contribution in [2.75, 3.05) is 44.2 Å². The fourth-order valence-corrected chi connectivity index (χ4v) is 5.78. The van der Waals surface area contributed by atoms with E-state index < -0.39 is 0 Å². The second-order valence-corrected chi connectivity index (χ2v) is 10.8. The summed E-state index contributed by atoms with van der Waals surface area (Å²) in [6, 6.07) is 1.80. The number of piperazine rings is 1. The van der Waals surface area contributed by atoms with Gasteiger partial charge in [-0.2, -0.15) is 0 Å². The summed E-state index contributed by atoms with van der Waals surface area (Å²) < 4.78 is 5.64. The largest absolute Gasteiger partial charge is 0.379 e. The molecule has 6 nitrogen and oxygen atoms in total. The molecular weight excluding hydrogens is 398 g/mol. The van der Waals surface area contributed by atoms with Gasteiger partial charge in [-0.15, -0.1) is 0 Å². The summed E-state index contributed by atoms with van der Waals surface area (Å²) in [5.41, 5.74) is 1.34. The zero-order valence-corrected chi connectivity index (χ0v) is 20.9. The van der Waals surface area contributed by atoms with Gasteiger partial charge in [-0.25, -0.2) is 9.97 Å². The lowest BCUT2D eigenvalue weighted by atomic mass is 9.91. The number of hydrogen-bond donors (Lipinski definition) is 0. The fourth-order valence-electron chi connectivity index (χ4n) is 5.78. The number of piperidine rings is 1. The Hall–Kier alpha value is -1.24. The van der Waals surface area contributed by atoms with Gasteiger partial charge in [0.25, 0.3) is 0 Å². The average molecular weight is 444 g/mol. The van der Waals surface area contributed by atoms with E-state index in [1.165, 1.54) is 70.1 Å². The van der Waals surface area contributed by atoms with Crippen molar-refractivity contribution < 1.29 is 4.74 Å². The third-order valence-corrected chi connectivity index (χ3v) is 7.76. The maximum atomic E-state index is 5.64. The fraction of sp³-hybridized carbons (Fsp3) is 0.846. The van der Waals surface area contributed by atoms with E-state index >= 15 is 0 Å². The minimum atomic E-state index is 0.359. The molecule has 4 heterocycles. The number of anilines is 1. The highest BCUT2D eigenvalue weighted by molar-refractivity contribution is 5.38. The molecule has 0 amide bonds. The van der Waals surface area contributed by atoms with Crippen LogP contribution in [0.3, 0.4) is 0 Å². The summed E-state index contributed by atoms with van der Waals surface area (Å²) in [4.78, 5) is 17.5. The second-order valence-electron chi connectivity index (χ2n) is 10.8. The normalized spacial score (nSPS) is 25.4. The summed E-state index contributed by atoms with van der Waals surface area (Å²) in [5, 5.41) is 0. The van der Waals surface area contributed by atoms with Crippen molar-refractivity contribution in [1.29, 1.82) is 0 Å². The van der Waals surface area contributed by atoms with Gasteiger partial charge in [0.1, 0.15) is 0 Å². The van der Waals surface area contributed by atoms with Crippen molar-refractivity contribution >= 4 is 5.95 Å². The number of nitrogens with zero attached hydrogens (tertiary/aromatic N) is 5. The summed E-state index contributed by atoms with van der Waals surface area (Å²) in [7, 11) is 0. The van der Waals surface area contributed by atoms with Crippen molar-refractivity contribution in [3.05, 3.63) is 18.0 Å². The number of likely N-dealkylation sites (tertiary alicyclic amines) is 2. The first-order chi connectivity index (χ1) is 15.5. The van der Waals surface area contributed by atoms with Crippen LogP contribution in [0.5, 0.6) is 0 Å². The number of fused-ring (bicyclic) bond motifs is 2. The highest BCUT2D eigenvalue weighted by Crippen LogP contribution is 2.34. The minimum absolute atomic E-state index is 0.359. The maximum absolute atomic E-state index is 5.64. The van der Waals surface area contributed by atoms with E-state index in [0.717, 1.165) is 25.6 Å². The van der Waals surface area contributed by atoms with Crippen LogP contribution in [0.1, 0.15) is 84.1 Å². The van der Waals surface area contributed by atoms with Gasteiger partial charge in [0.05, 0.1) is 6.10 Å². The Kier molecular flexibility index (Phi) is 8.41. The predicted molar refractivity (Wildman–Crippen MR) is 131 cm³/mol. The third-order valence-electron chi connectivity index (χ3n) is 7.76. The van der Waals surface area contributed by atoms with E-state index in [0.29, 0.717) is 30.1 Å². The SMILES string of the molecule is CC(C)OCCCCCN1CCC(c2cnc(N3C4CCC3CN(C(C)C)C4)nc2)CC1. The van der Waals surface area contributed by atoms with E-state index in [1.807, 2.05) is 0 Å². The summed E-state index contributed by atoms with van der Waals surface area (Å²) >= 11 is 0. The molecule has 32 heavy (non-hydrogen) atoms. The van der Waals surface area contributed by atoms with Gasteiger partial charge < -0.3 is 14.5 Å². The molecular formula is C26H45N5O. The first-order valence-electron chi connectivity index (χ1n) is 13.2. The smallest absolute Gasteiger partial charge is 0.225 e. The highest BCUT2D eigenvalue weighted by Gasteiger charge is 2.41. The average Bonchev–Trinajstić information content (AvgIpc) is 3.05. The van der Waals surface area contributed by atoms with Crippen LogP contribution in [0, 0.1) is 0 Å². The van der Waals surface area contributed by atoms with Crippen molar-refractivity contribution in [3.63, 3.8) is 0 Å². The van der Waals surface area contributed by atoms with E-state index in [-0.39, 0.29) is 0 Å². The number of rotatable bonds is 10. The van der Waals surface area contributed by atoms with Gasteiger partial charge in [0.15, 0.2) is 0 Å². The van der Waals surface area contributed by atoms with Crippen molar-refractivity contribution in [2.24, 2.45) is 0 Å². The molecule has 6 heteroatoms. The van der Waals surface area contributed by atoms with Gasteiger partial charge in [-0.3, -0.25) is 4.90 Å². The molecule has 3 fully saturated rings. The highest BCUT2D eigenvalue weighted by atomic mass is 16.5. The number of aromatic nitrogens is 2. The molecule has 3 aliphatic heterocycles. The van der Waals surface area contributed by atoms with Crippen LogP contribution in [0.15, 0.2) is 12.4 Å². The van der Waals surface area contributed by atoms with Crippen LogP contribution in [0.25, 0.3) is 0 Å². The molecule has 0 aliphatic carbocycles. The Balaban J connectivity index is 1.20. The minimum Gasteiger partial charge on any atom is -0.379 e. The van der Waals surface area contributed by atoms with Gasteiger partial charge in [0.2, 0.25) is 5.95 Å². The lowest BCUT2D eigenvalue weighted by Crippen LogP contribution is -2.56. The number of ether oxygens (including phenoxy) is 1. The van der Waals surface area contributed by atoms with Crippen molar-refractivity contribution in [2.45, 2.75) is 103 Å². The van der Waals surface area contributed by atoms with E-state index in [2.05, 4.69) is 54.8 Å². The van der Waals surface area contributed by atoms with Crippen LogP contribution >= 0.6 is 0 Å². The number of hydrogen-bond acceptors (Lipinski definition) is 6. The molecule has 1 aromatic rings. The summed E-state index contributed by atoms with van der Waals surface area (Å²) in [6.45, 7) is 15.7. The molecule has 0 N–H and O–H groups in total. The Bertz CT molecular complexity index is 672. The molecule has 0 aromatic carbocycles. The molecule has 3 saturated heterocycles. The van der Waals surface area contributed by atoms with Gasteiger partial charge in [-0.05, 0) is 104 Å². The van der Waals surface area contributed by atoms with Crippen LogP contribution in [0.4, 0.5) is 5.95 Å². The molecule has 2 atom stereocenters. The third kappa shape index (κ3) is 6.00. The Morgan fingerprint density at radius 1 is 0.906 bits per heavy atom. The molecule has 4 rings (SSSR count). The maximum Gasteiger partial charge on any atom is 0.225 e. The van der Waals surface area contributed by atoms with Crippen LogP contribution in [-0.2, 0) is 4.74 Å². The van der Waals surface area contributed by atoms with Crippen LogP contribution in [-0.4, -0.2) is 83.3 Å². The van der Waals surface area contributed by atoms with Crippen molar-refractivity contribution in [3.8, 4) is 0 Å². The molecule has 0 spiro atoms. The van der Waals surface area contributed by atoms with Gasteiger partial charge >= 0.3 is 0 Å². The van der Waals surface area contributed by atoms with Crippen LogP contribution < -0.4 is 4.90 Å². The van der Waals surface area contributed by atoms with Crippen LogP contribution in [0.2, 0.25) is 0 Å².